The third kappa shape index (κ3) is 2.55. The Morgan fingerprint density at radius 1 is 1.18 bits per heavy atom. The van der Waals surface area contributed by atoms with E-state index in [-0.39, 0.29) is 5.91 Å². The third-order valence-corrected chi connectivity index (χ3v) is 5.60. The van der Waals surface area contributed by atoms with Crippen LogP contribution in [-0.2, 0) is 0 Å². The first-order valence-electron chi connectivity index (χ1n) is 7.84. The van der Waals surface area contributed by atoms with Crippen LogP contribution in [0.15, 0.2) is 35.8 Å². The number of thiophene rings is 1. The van der Waals surface area contributed by atoms with E-state index in [9.17, 15) is 4.79 Å². The Hall–Kier alpha value is -1.72. The van der Waals surface area contributed by atoms with Gasteiger partial charge in [0.05, 0.1) is 10.6 Å². The number of hydrogen-bond donors (Lipinski definition) is 0. The summed E-state index contributed by atoms with van der Waals surface area (Å²) in [5.41, 5.74) is 1.97. The fourth-order valence-electron chi connectivity index (χ4n) is 3.41. The average Bonchev–Trinajstić information content (AvgIpc) is 2.88. The molecule has 2 aromatic heterocycles. The molecule has 5 heteroatoms. The molecular formula is C17H19N3OS. The van der Waals surface area contributed by atoms with Crippen molar-refractivity contribution >= 4 is 17.2 Å². The molecule has 3 aliphatic rings. The van der Waals surface area contributed by atoms with Crippen LogP contribution >= 0.6 is 11.3 Å². The largest absolute Gasteiger partial charge is 0.334 e. The summed E-state index contributed by atoms with van der Waals surface area (Å²) in [5, 5.41) is 2.04. The van der Waals surface area contributed by atoms with E-state index in [4.69, 9.17) is 0 Å². The zero-order chi connectivity index (χ0) is 14.9. The van der Waals surface area contributed by atoms with Crippen molar-refractivity contribution in [2.45, 2.75) is 18.9 Å². The quantitative estimate of drug-likeness (QED) is 0.855. The van der Waals surface area contributed by atoms with E-state index in [0.717, 1.165) is 55.2 Å². The highest BCUT2D eigenvalue weighted by Crippen LogP contribution is 2.28. The number of fused-ring (bicyclic) bond motifs is 4. The van der Waals surface area contributed by atoms with E-state index >= 15 is 0 Å². The van der Waals surface area contributed by atoms with E-state index < -0.39 is 0 Å². The first-order chi connectivity index (χ1) is 10.8. The van der Waals surface area contributed by atoms with Crippen LogP contribution in [-0.4, -0.2) is 52.9 Å². The van der Waals surface area contributed by atoms with Crippen LogP contribution in [0.4, 0.5) is 0 Å². The van der Waals surface area contributed by atoms with Crippen LogP contribution < -0.4 is 0 Å². The number of carbonyl (C=O) groups is 1. The Balaban J connectivity index is 1.57. The minimum absolute atomic E-state index is 0.195. The van der Waals surface area contributed by atoms with Gasteiger partial charge in [-0.2, -0.15) is 0 Å². The van der Waals surface area contributed by atoms with Crippen molar-refractivity contribution in [2.24, 2.45) is 0 Å². The second kappa shape index (κ2) is 5.82. The van der Waals surface area contributed by atoms with Gasteiger partial charge in [-0.1, -0.05) is 6.07 Å². The molecule has 0 aromatic carbocycles. The lowest BCUT2D eigenvalue weighted by atomic mass is 10.1. The summed E-state index contributed by atoms with van der Waals surface area (Å²) in [6.45, 7) is 4.15. The lowest BCUT2D eigenvalue weighted by Gasteiger charge is -2.31. The lowest BCUT2D eigenvalue weighted by molar-refractivity contribution is 0.0690. The van der Waals surface area contributed by atoms with E-state index in [0.29, 0.717) is 6.04 Å². The number of aromatic nitrogens is 1. The minimum atomic E-state index is 0.195. The first kappa shape index (κ1) is 13.9. The summed E-state index contributed by atoms with van der Waals surface area (Å²) in [7, 11) is 0. The molecule has 3 saturated heterocycles. The molecule has 22 heavy (non-hydrogen) atoms. The Labute approximate surface area is 134 Å². The summed E-state index contributed by atoms with van der Waals surface area (Å²) in [6, 6.07) is 8.28. The zero-order valence-corrected chi connectivity index (χ0v) is 13.3. The molecule has 0 atom stereocenters. The van der Waals surface area contributed by atoms with Gasteiger partial charge in [0.15, 0.2) is 0 Å². The normalized spacial score (nSPS) is 24.3. The monoisotopic (exact) mass is 313 g/mol. The van der Waals surface area contributed by atoms with Crippen molar-refractivity contribution in [1.82, 2.24) is 14.8 Å². The molecule has 0 saturated carbocycles. The summed E-state index contributed by atoms with van der Waals surface area (Å²) in [5.74, 6) is 0.195. The van der Waals surface area contributed by atoms with E-state index in [1.54, 1.807) is 6.20 Å². The Morgan fingerprint density at radius 2 is 2.05 bits per heavy atom. The van der Waals surface area contributed by atoms with Crippen LogP contribution in [0.2, 0.25) is 0 Å². The molecular weight excluding hydrogens is 294 g/mol. The fourth-order valence-corrected chi connectivity index (χ4v) is 4.27. The number of nitrogens with zero attached hydrogens (tertiary/aromatic N) is 3. The van der Waals surface area contributed by atoms with Gasteiger partial charge >= 0.3 is 0 Å². The first-order valence-corrected chi connectivity index (χ1v) is 8.72. The minimum Gasteiger partial charge on any atom is -0.334 e. The van der Waals surface area contributed by atoms with Gasteiger partial charge in [-0.3, -0.25) is 9.78 Å². The van der Waals surface area contributed by atoms with E-state index in [1.165, 1.54) is 11.3 Å². The molecule has 0 aliphatic carbocycles. The predicted octanol–water partition coefficient (Wildman–Crippen LogP) is 2.73. The third-order valence-electron chi connectivity index (χ3n) is 4.69. The van der Waals surface area contributed by atoms with Crippen molar-refractivity contribution in [3.63, 3.8) is 0 Å². The molecule has 0 unspecified atom stereocenters. The molecule has 0 spiro atoms. The number of carbonyl (C=O) groups excluding carboxylic acids is 1. The molecule has 2 aromatic rings. The zero-order valence-electron chi connectivity index (χ0n) is 12.4. The number of amides is 1. The van der Waals surface area contributed by atoms with Crippen LogP contribution in [0, 0.1) is 0 Å². The molecule has 3 aliphatic heterocycles. The Bertz CT molecular complexity index is 662. The summed E-state index contributed by atoms with van der Waals surface area (Å²) < 4.78 is 0. The fraction of sp³-hybridized carbons (Fsp3) is 0.412. The maximum atomic E-state index is 12.9. The highest BCUT2D eigenvalue weighted by molar-refractivity contribution is 7.12. The molecule has 0 radical (unpaired) electrons. The molecule has 3 fully saturated rings. The van der Waals surface area contributed by atoms with Crippen molar-refractivity contribution < 1.29 is 4.79 Å². The molecule has 0 N–H and O–H groups in total. The van der Waals surface area contributed by atoms with Gasteiger partial charge in [0.1, 0.15) is 0 Å². The Kier molecular flexibility index (Phi) is 3.68. The van der Waals surface area contributed by atoms with Gasteiger partial charge in [-0.25, -0.2) is 0 Å². The van der Waals surface area contributed by atoms with E-state index in [1.807, 2.05) is 29.6 Å². The lowest BCUT2D eigenvalue weighted by Crippen LogP contribution is -2.41. The van der Waals surface area contributed by atoms with Crippen molar-refractivity contribution in [2.75, 3.05) is 26.2 Å². The number of piperidine rings is 1. The molecule has 5 rings (SSSR count). The van der Waals surface area contributed by atoms with Crippen molar-refractivity contribution in [3.8, 4) is 11.3 Å². The van der Waals surface area contributed by atoms with Crippen molar-refractivity contribution in [3.05, 3.63) is 40.7 Å². The van der Waals surface area contributed by atoms with Gasteiger partial charge in [0.25, 0.3) is 5.91 Å². The highest BCUT2D eigenvalue weighted by atomic mass is 32.1. The topological polar surface area (TPSA) is 36.4 Å². The predicted molar refractivity (Wildman–Crippen MR) is 88.0 cm³/mol. The molecule has 2 bridgehead atoms. The summed E-state index contributed by atoms with van der Waals surface area (Å²) >= 11 is 1.53. The van der Waals surface area contributed by atoms with Gasteiger partial charge in [-0.05, 0) is 31.0 Å². The van der Waals surface area contributed by atoms with Crippen LogP contribution in [0.1, 0.15) is 22.5 Å². The van der Waals surface area contributed by atoms with Crippen LogP contribution in [0.3, 0.4) is 0 Å². The van der Waals surface area contributed by atoms with Gasteiger partial charge in [0.2, 0.25) is 0 Å². The Morgan fingerprint density at radius 3 is 2.82 bits per heavy atom. The maximum Gasteiger partial charge on any atom is 0.264 e. The number of pyridine rings is 1. The summed E-state index contributed by atoms with van der Waals surface area (Å²) in [6.07, 6.45) is 4.02. The van der Waals surface area contributed by atoms with Gasteiger partial charge in [0, 0.05) is 49.4 Å². The number of hydrogen-bond acceptors (Lipinski definition) is 4. The maximum absolute atomic E-state index is 12.9. The SMILES string of the molecule is O=C(c1cc(-c2ccccn2)cs1)N1CCN2CCC1CC2. The second-order valence-electron chi connectivity index (χ2n) is 5.99. The number of rotatable bonds is 2. The van der Waals surface area contributed by atoms with E-state index in [2.05, 4.69) is 14.8 Å². The molecule has 114 valence electrons. The molecule has 5 heterocycles. The van der Waals surface area contributed by atoms with Gasteiger partial charge in [-0.15, -0.1) is 11.3 Å². The highest BCUT2D eigenvalue weighted by Gasteiger charge is 2.32. The smallest absolute Gasteiger partial charge is 0.264 e. The molecule has 4 nitrogen and oxygen atoms in total. The average molecular weight is 313 g/mol. The molecule has 1 amide bonds. The second-order valence-corrected chi connectivity index (χ2v) is 6.90. The standard InChI is InChI=1S/C17H19N3OS/c21-17(20-10-9-19-7-4-14(20)5-8-19)16-11-13(12-22-16)15-3-1-2-6-18-15/h1-3,6,11-12,14H,4-5,7-10H2. The van der Waals surface area contributed by atoms with Gasteiger partial charge < -0.3 is 9.80 Å². The summed E-state index contributed by atoms with van der Waals surface area (Å²) in [4.78, 5) is 22.6. The van der Waals surface area contributed by atoms with Crippen LogP contribution in [0.25, 0.3) is 11.3 Å². The van der Waals surface area contributed by atoms with Crippen molar-refractivity contribution in [1.29, 1.82) is 0 Å². The van der Waals surface area contributed by atoms with Crippen LogP contribution in [0.5, 0.6) is 0 Å².